The van der Waals surface area contributed by atoms with Crippen LogP contribution in [0.2, 0.25) is 0 Å². The van der Waals surface area contributed by atoms with Crippen molar-refractivity contribution in [1.82, 2.24) is 14.4 Å². The Morgan fingerprint density at radius 3 is 2.50 bits per heavy atom. The zero-order chi connectivity index (χ0) is 15.9. The number of anilines is 1. The number of rotatable bonds is 3. The molecule has 2 aromatic heterocycles. The van der Waals surface area contributed by atoms with Gasteiger partial charge in [-0.15, -0.1) is 0 Å². The molecule has 0 amide bonds. The highest BCUT2D eigenvalue weighted by Crippen LogP contribution is 2.40. The van der Waals surface area contributed by atoms with Gasteiger partial charge in [0, 0.05) is 37.0 Å². The number of aromatic nitrogens is 3. The summed E-state index contributed by atoms with van der Waals surface area (Å²) in [6.07, 6.45) is 6.81. The van der Waals surface area contributed by atoms with E-state index in [4.69, 9.17) is 14.7 Å². The third-order valence-electron chi connectivity index (χ3n) is 4.81. The van der Waals surface area contributed by atoms with E-state index < -0.39 is 0 Å². The van der Waals surface area contributed by atoms with Crippen molar-refractivity contribution < 1.29 is 4.74 Å². The monoisotopic (exact) mass is 320 g/mol. The Morgan fingerprint density at radius 1 is 0.958 bits per heavy atom. The molecule has 0 atom stereocenters. The van der Waals surface area contributed by atoms with Crippen LogP contribution in [-0.2, 0) is 4.74 Å². The maximum atomic E-state index is 5.50. The van der Waals surface area contributed by atoms with Gasteiger partial charge in [0.2, 0.25) is 0 Å². The van der Waals surface area contributed by atoms with Crippen LogP contribution in [0.1, 0.15) is 24.5 Å². The highest BCUT2D eigenvalue weighted by Gasteiger charge is 2.28. The minimum absolute atomic E-state index is 0.641. The zero-order valence-corrected chi connectivity index (χ0v) is 13.6. The largest absolute Gasteiger partial charge is 0.378 e. The number of benzene rings is 1. The number of hydrogen-bond donors (Lipinski definition) is 0. The highest BCUT2D eigenvalue weighted by molar-refractivity contribution is 5.71. The molecule has 1 aliphatic carbocycles. The molecule has 0 spiro atoms. The maximum Gasteiger partial charge on any atom is 0.180 e. The standard InChI is InChI=1S/C19H20N4O/c1-2-4-14(5-3-1)16-12-23-13-17(15-6-7-15)21-19(23)18(20-16)22-8-10-24-11-9-22/h1-5,12-13,15H,6-11H2. The second kappa shape index (κ2) is 5.60. The summed E-state index contributed by atoms with van der Waals surface area (Å²) in [5, 5.41) is 0. The summed E-state index contributed by atoms with van der Waals surface area (Å²) in [5.41, 5.74) is 4.30. The fourth-order valence-electron chi connectivity index (χ4n) is 3.31. The molecule has 1 saturated heterocycles. The van der Waals surface area contributed by atoms with Gasteiger partial charge >= 0.3 is 0 Å². The van der Waals surface area contributed by atoms with Crippen LogP contribution in [0.5, 0.6) is 0 Å². The van der Waals surface area contributed by atoms with Gasteiger partial charge in [-0.1, -0.05) is 30.3 Å². The molecular formula is C19H20N4O. The molecule has 0 N–H and O–H groups in total. The lowest BCUT2D eigenvalue weighted by Gasteiger charge is -2.28. The fraction of sp³-hybridized carbons (Fsp3) is 0.368. The minimum Gasteiger partial charge on any atom is -0.378 e. The Balaban J connectivity index is 1.67. The van der Waals surface area contributed by atoms with E-state index in [0.29, 0.717) is 5.92 Å². The van der Waals surface area contributed by atoms with Gasteiger partial charge in [-0.2, -0.15) is 0 Å². The van der Waals surface area contributed by atoms with Gasteiger partial charge in [0.25, 0.3) is 0 Å². The van der Waals surface area contributed by atoms with Crippen LogP contribution in [0.15, 0.2) is 42.7 Å². The molecule has 0 radical (unpaired) electrons. The average Bonchev–Trinajstić information content (AvgIpc) is 3.41. The summed E-state index contributed by atoms with van der Waals surface area (Å²) in [4.78, 5) is 12.2. The predicted octanol–water partition coefficient (Wildman–Crippen LogP) is 3.11. The Morgan fingerprint density at radius 2 is 1.75 bits per heavy atom. The van der Waals surface area contributed by atoms with E-state index in [1.165, 1.54) is 18.5 Å². The summed E-state index contributed by atoms with van der Waals surface area (Å²) in [6.45, 7) is 3.23. The van der Waals surface area contributed by atoms with Crippen LogP contribution in [0, 0.1) is 0 Å². The van der Waals surface area contributed by atoms with Gasteiger partial charge in [0.05, 0.1) is 24.6 Å². The van der Waals surface area contributed by atoms with Gasteiger partial charge in [0.1, 0.15) is 0 Å². The molecule has 0 unspecified atom stereocenters. The van der Waals surface area contributed by atoms with Gasteiger partial charge in [-0.25, -0.2) is 9.97 Å². The first kappa shape index (κ1) is 14.0. The summed E-state index contributed by atoms with van der Waals surface area (Å²) >= 11 is 0. The molecule has 5 heteroatoms. The maximum absolute atomic E-state index is 5.50. The molecule has 0 bridgehead atoms. The zero-order valence-electron chi connectivity index (χ0n) is 13.6. The molecule has 24 heavy (non-hydrogen) atoms. The van der Waals surface area contributed by atoms with E-state index in [-0.39, 0.29) is 0 Å². The Bertz CT molecular complexity index is 864. The minimum atomic E-state index is 0.641. The van der Waals surface area contributed by atoms with Crippen LogP contribution in [0.25, 0.3) is 16.9 Å². The highest BCUT2D eigenvalue weighted by atomic mass is 16.5. The lowest BCUT2D eigenvalue weighted by atomic mass is 10.2. The average molecular weight is 320 g/mol. The van der Waals surface area contributed by atoms with Crippen molar-refractivity contribution in [2.75, 3.05) is 31.2 Å². The second-order valence-corrected chi connectivity index (χ2v) is 6.59. The second-order valence-electron chi connectivity index (χ2n) is 6.59. The van der Waals surface area contributed by atoms with Crippen molar-refractivity contribution in [2.24, 2.45) is 0 Å². The van der Waals surface area contributed by atoms with E-state index in [2.05, 4.69) is 46.0 Å². The third kappa shape index (κ3) is 2.45. The molecule has 1 saturated carbocycles. The van der Waals surface area contributed by atoms with Crippen molar-refractivity contribution in [2.45, 2.75) is 18.8 Å². The Kier molecular flexibility index (Phi) is 3.26. The van der Waals surface area contributed by atoms with Crippen molar-refractivity contribution >= 4 is 11.5 Å². The van der Waals surface area contributed by atoms with Crippen molar-refractivity contribution in [3.8, 4) is 11.3 Å². The van der Waals surface area contributed by atoms with E-state index in [0.717, 1.165) is 49.0 Å². The molecule has 122 valence electrons. The smallest absolute Gasteiger partial charge is 0.180 e. The summed E-state index contributed by atoms with van der Waals surface area (Å²) in [7, 11) is 0. The van der Waals surface area contributed by atoms with Crippen LogP contribution in [0.3, 0.4) is 0 Å². The van der Waals surface area contributed by atoms with Crippen LogP contribution >= 0.6 is 0 Å². The van der Waals surface area contributed by atoms with Gasteiger partial charge in [-0.3, -0.25) is 0 Å². The Hall–Kier alpha value is -2.40. The van der Waals surface area contributed by atoms with Gasteiger partial charge in [0.15, 0.2) is 11.5 Å². The summed E-state index contributed by atoms with van der Waals surface area (Å²) in [5.74, 6) is 1.62. The quantitative estimate of drug-likeness (QED) is 0.744. The number of morpholine rings is 1. The molecule has 5 nitrogen and oxygen atoms in total. The van der Waals surface area contributed by atoms with Crippen LogP contribution in [-0.4, -0.2) is 40.7 Å². The topological polar surface area (TPSA) is 42.7 Å². The normalized spacial score (nSPS) is 18.2. The number of fused-ring (bicyclic) bond motifs is 1. The first-order valence-electron chi connectivity index (χ1n) is 8.66. The lowest BCUT2D eigenvalue weighted by molar-refractivity contribution is 0.122. The van der Waals surface area contributed by atoms with Gasteiger partial charge in [-0.05, 0) is 12.8 Å². The van der Waals surface area contributed by atoms with E-state index in [1.54, 1.807) is 0 Å². The van der Waals surface area contributed by atoms with Crippen LogP contribution in [0.4, 0.5) is 5.82 Å². The van der Waals surface area contributed by atoms with E-state index in [9.17, 15) is 0 Å². The summed E-state index contributed by atoms with van der Waals surface area (Å²) in [6, 6.07) is 10.4. The first-order valence-corrected chi connectivity index (χ1v) is 8.66. The number of nitrogens with zero attached hydrogens (tertiary/aromatic N) is 4. The molecule has 2 fully saturated rings. The first-order chi connectivity index (χ1) is 11.9. The molecule has 3 heterocycles. The Labute approximate surface area is 140 Å². The lowest BCUT2D eigenvalue weighted by Crippen LogP contribution is -2.37. The molecular weight excluding hydrogens is 300 g/mol. The fourth-order valence-corrected chi connectivity index (χ4v) is 3.31. The van der Waals surface area contributed by atoms with Crippen molar-refractivity contribution in [3.05, 3.63) is 48.4 Å². The SMILES string of the molecule is c1ccc(-c2cn3cc(C4CC4)nc3c(N3CCOCC3)n2)cc1. The van der Waals surface area contributed by atoms with E-state index >= 15 is 0 Å². The number of hydrogen-bond acceptors (Lipinski definition) is 4. The van der Waals surface area contributed by atoms with Crippen molar-refractivity contribution in [3.63, 3.8) is 0 Å². The van der Waals surface area contributed by atoms with Crippen molar-refractivity contribution in [1.29, 1.82) is 0 Å². The molecule has 1 aromatic carbocycles. The third-order valence-corrected chi connectivity index (χ3v) is 4.81. The molecule has 3 aromatic rings. The van der Waals surface area contributed by atoms with Gasteiger partial charge < -0.3 is 14.0 Å². The summed E-state index contributed by atoms with van der Waals surface area (Å²) < 4.78 is 7.67. The molecule has 5 rings (SSSR count). The van der Waals surface area contributed by atoms with Crippen LogP contribution < -0.4 is 4.90 Å². The predicted molar refractivity (Wildman–Crippen MR) is 93.4 cm³/mol. The van der Waals surface area contributed by atoms with E-state index in [1.807, 2.05) is 6.07 Å². The number of ether oxygens (including phenoxy) is 1. The molecule has 1 aliphatic heterocycles. The number of imidazole rings is 1. The molecule has 2 aliphatic rings.